The highest BCUT2D eigenvalue weighted by Gasteiger charge is 2.22. The number of hydrogen-bond donors (Lipinski definition) is 2. The molecular formula is C24H25N4O2+. The highest BCUT2D eigenvalue weighted by atomic mass is 16.3. The van der Waals surface area contributed by atoms with E-state index in [2.05, 4.69) is 10.4 Å². The average Bonchev–Trinajstić information content (AvgIpc) is 3.40. The van der Waals surface area contributed by atoms with Gasteiger partial charge in [-0.1, -0.05) is 48.0 Å². The van der Waals surface area contributed by atoms with Crippen LogP contribution in [0.2, 0.25) is 0 Å². The first-order valence-corrected chi connectivity index (χ1v) is 9.95. The second-order valence-electron chi connectivity index (χ2n) is 7.31. The number of hydrogen-bond acceptors (Lipinski definition) is 3. The summed E-state index contributed by atoms with van der Waals surface area (Å²) in [6.07, 6.45) is 1.65. The molecule has 4 aromatic rings. The molecule has 0 saturated carbocycles. The number of benzene rings is 2. The van der Waals surface area contributed by atoms with E-state index < -0.39 is 0 Å². The Labute approximate surface area is 175 Å². The normalized spacial score (nSPS) is 11.9. The predicted molar refractivity (Wildman–Crippen MR) is 115 cm³/mol. The van der Waals surface area contributed by atoms with E-state index in [1.165, 1.54) is 5.56 Å². The van der Waals surface area contributed by atoms with Gasteiger partial charge in [0, 0.05) is 11.6 Å². The van der Waals surface area contributed by atoms with Crippen LogP contribution in [0.3, 0.4) is 0 Å². The van der Waals surface area contributed by atoms with Gasteiger partial charge in [-0.2, -0.15) is 5.10 Å². The molecule has 2 aromatic carbocycles. The molecule has 0 fully saturated rings. The van der Waals surface area contributed by atoms with Crippen molar-refractivity contribution in [3.8, 4) is 5.69 Å². The van der Waals surface area contributed by atoms with E-state index in [1.54, 1.807) is 10.9 Å². The van der Waals surface area contributed by atoms with Crippen molar-refractivity contribution in [1.29, 1.82) is 0 Å². The minimum absolute atomic E-state index is 0.0873. The summed E-state index contributed by atoms with van der Waals surface area (Å²) in [7, 11) is 0. The van der Waals surface area contributed by atoms with Crippen LogP contribution in [0.5, 0.6) is 0 Å². The molecule has 3 N–H and O–H groups in total. The monoisotopic (exact) mass is 401 g/mol. The second-order valence-corrected chi connectivity index (χ2v) is 7.31. The fourth-order valence-corrected chi connectivity index (χ4v) is 3.44. The number of quaternary nitrogens is 1. The molecule has 2 heterocycles. The SMILES string of the molecule is Cc1ccc(-n2nc(C)cc2NC(=O)C[NH2+][C@@H](c2ccccc2)c2ccco2)cc1. The molecule has 0 aliphatic carbocycles. The summed E-state index contributed by atoms with van der Waals surface area (Å²) in [5, 5.41) is 9.50. The van der Waals surface area contributed by atoms with Gasteiger partial charge in [0.25, 0.3) is 5.91 Å². The molecule has 0 spiro atoms. The van der Waals surface area contributed by atoms with Crippen LogP contribution in [0.25, 0.3) is 5.69 Å². The molecule has 0 saturated heterocycles. The molecular weight excluding hydrogens is 376 g/mol. The molecule has 6 nitrogen and oxygen atoms in total. The summed E-state index contributed by atoms with van der Waals surface area (Å²) in [5.41, 5.74) is 4.01. The Hall–Kier alpha value is -3.64. The van der Waals surface area contributed by atoms with E-state index in [1.807, 2.05) is 92.0 Å². The van der Waals surface area contributed by atoms with Gasteiger partial charge >= 0.3 is 0 Å². The lowest BCUT2D eigenvalue weighted by atomic mass is 10.0. The van der Waals surface area contributed by atoms with E-state index in [4.69, 9.17) is 4.42 Å². The lowest BCUT2D eigenvalue weighted by Crippen LogP contribution is -2.87. The predicted octanol–water partition coefficient (Wildman–Crippen LogP) is 3.37. The molecule has 2 aromatic heterocycles. The molecule has 0 aliphatic heterocycles. The molecule has 0 unspecified atom stereocenters. The number of carbonyl (C=O) groups excluding carboxylic acids is 1. The molecule has 6 heteroatoms. The van der Waals surface area contributed by atoms with Gasteiger partial charge in [-0.15, -0.1) is 0 Å². The molecule has 4 rings (SSSR count). The van der Waals surface area contributed by atoms with Gasteiger partial charge in [-0.3, -0.25) is 4.79 Å². The number of furan rings is 1. The summed E-state index contributed by atoms with van der Waals surface area (Å²) in [4.78, 5) is 12.8. The van der Waals surface area contributed by atoms with Crippen molar-refractivity contribution in [2.75, 3.05) is 11.9 Å². The van der Waals surface area contributed by atoms with Crippen LogP contribution in [-0.4, -0.2) is 22.2 Å². The van der Waals surface area contributed by atoms with Crippen LogP contribution in [0.1, 0.15) is 28.6 Å². The fourth-order valence-electron chi connectivity index (χ4n) is 3.44. The molecule has 30 heavy (non-hydrogen) atoms. The number of nitrogens with one attached hydrogen (secondary N) is 1. The maximum absolute atomic E-state index is 12.8. The van der Waals surface area contributed by atoms with Gasteiger partial charge in [0.1, 0.15) is 5.82 Å². The van der Waals surface area contributed by atoms with Gasteiger partial charge in [-0.25, -0.2) is 4.68 Å². The number of anilines is 1. The number of nitrogens with two attached hydrogens (primary N) is 1. The van der Waals surface area contributed by atoms with Crippen LogP contribution in [0, 0.1) is 13.8 Å². The minimum Gasteiger partial charge on any atom is -0.463 e. The van der Waals surface area contributed by atoms with Crippen molar-refractivity contribution in [2.24, 2.45) is 0 Å². The van der Waals surface area contributed by atoms with Crippen molar-refractivity contribution in [3.63, 3.8) is 0 Å². The number of aryl methyl sites for hydroxylation is 2. The Morgan fingerprint density at radius 3 is 2.53 bits per heavy atom. The summed E-state index contributed by atoms with van der Waals surface area (Å²) >= 11 is 0. The number of amides is 1. The third kappa shape index (κ3) is 4.50. The number of carbonyl (C=O) groups is 1. The van der Waals surface area contributed by atoms with Gasteiger partial charge < -0.3 is 15.1 Å². The highest BCUT2D eigenvalue weighted by Crippen LogP contribution is 2.19. The Kier molecular flexibility index (Phi) is 5.77. The van der Waals surface area contributed by atoms with Gasteiger partial charge in [0.15, 0.2) is 18.3 Å². The van der Waals surface area contributed by atoms with Crippen molar-refractivity contribution in [3.05, 3.63) is 102 Å². The average molecular weight is 401 g/mol. The maximum Gasteiger partial charge on any atom is 0.280 e. The Morgan fingerprint density at radius 2 is 1.83 bits per heavy atom. The van der Waals surface area contributed by atoms with Crippen LogP contribution >= 0.6 is 0 Å². The first-order valence-electron chi connectivity index (χ1n) is 9.95. The lowest BCUT2D eigenvalue weighted by molar-refractivity contribution is -0.678. The third-order valence-corrected chi connectivity index (χ3v) is 4.92. The van der Waals surface area contributed by atoms with Gasteiger partial charge in [0.2, 0.25) is 0 Å². The lowest BCUT2D eigenvalue weighted by Gasteiger charge is -2.14. The Balaban J connectivity index is 1.48. The van der Waals surface area contributed by atoms with Crippen molar-refractivity contribution >= 4 is 11.7 Å². The van der Waals surface area contributed by atoms with Crippen molar-refractivity contribution < 1.29 is 14.5 Å². The molecule has 0 bridgehead atoms. The second kappa shape index (κ2) is 8.80. The quantitative estimate of drug-likeness (QED) is 0.498. The van der Waals surface area contributed by atoms with E-state index in [0.29, 0.717) is 5.82 Å². The summed E-state index contributed by atoms with van der Waals surface area (Å²) in [6.45, 7) is 4.20. The molecule has 0 aliphatic rings. The number of aromatic nitrogens is 2. The van der Waals surface area contributed by atoms with Crippen LogP contribution in [0.4, 0.5) is 5.82 Å². The summed E-state index contributed by atoms with van der Waals surface area (Å²) in [5.74, 6) is 1.37. The first-order chi connectivity index (χ1) is 14.6. The van der Waals surface area contributed by atoms with Crippen LogP contribution in [0.15, 0.2) is 83.5 Å². The zero-order chi connectivity index (χ0) is 20.9. The van der Waals surface area contributed by atoms with Crippen molar-refractivity contribution in [2.45, 2.75) is 19.9 Å². The van der Waals surface area contributed by atoms with Gasteiger partial charge in [-0.05, 0) is 38.1 Å². The third-order valence-electron chi connectivity index (χ3n) is 4.92. The number of nitrogens with zero attached hydrogens (tertiary/aromatic N) is 2. The molecule has 0 radical (unpaired) electrons. The smallest absolute Gasteiger partial charge is 0.280 e. The first kappa shape index (κ1) is 19.7. The highest BCUT2D eigenvalue weighted by molar-refractivity contribution is 5.90. The van der Waals surface area contributed by atoms with Crippen molar-refractivity contribution in [1.82, 2.24) is 9.78 Å². The largest absolute Gasteiger partial charge is 0.463 e. The number of rotatable bonds is 7. The Morgan fingerprint density at radius 1 is 1.07 bits per heavy atom. The molecule has 1 amide bonds. The van der Waals surface area contributed by atoms with Crippen LogP contribution < -0.4 is 10.6 Å². The standard InChI is InChI=1S/C24H24N4O2/c1-17-10-12-20(13-11-17)28-22(15-18(2)27-28)26-23(29)16-25-24(21-9-6-14-30-21)19-7-4-3-5-8-19/h3-15,24-25H,16H2,1-2H3,(H,26,29)/p+1/t24-/m0/s1. The van der Waals surface area contributed by atoms with E-state index in [9.17, 15) is 4.79 Å². The molecule has 152 valence electrons. The zero-order valence-electron chi connectivity index (χ0n) is 17.1. The van der Waals surface area contributed by atoms with E-state index in [0.717, 1.165) is 22.7 Å². The topological polar surface area (TPSA) is 76.7 Å². The Bertz CT molecular complexity index is 1100. The van der Waals surface area contributed by atoms with Gasteiger partial charge in [0.05, 0.1) is 17.6 Å². The zero-order valence-corrected chi connectivity index (χ0v) is 17.1. The fraction of sp³-hybridized carbons (Fsp3) is 0.167. The molecule has 1 atom stereocenters. The minimum atomic E-state index is -0.101. The maximum atomic E-state index is 12.8. The van der Waals surface area contributed by atoms with E-state index >= 15 is 0 Å². The van der Waals surface area contributed by atoms with Crippen LogP contribution in [-0.2, 0) is 4.79 Å². The summed E-state index contributed by atoms with van der Waals surface area (Å²) in [6, 6.07) is 23.7. The summed E-state index contributed by atoms with van der Waals surface area (Å²) < 4.78 is 7.37. The van der Waals surface area contributed by atoms with E-state index in [-0.39, 0.29) is 18.5 Å².